The molecule has 0 bridgehead atoms. The molecule has 0 unspecified atom stereocenters. The summed E-state index contributed by atoms with van der Waals surface area (Å²) in [5.74, 6) is 0. The van der Waals surface area contributed by atoms with Crippen LogP contribution in [0.5, 0.6) is 0 Å². The van der Waals surface area contributed by atoms with E-state index in [0.717, 1.165) is 36.2 Å². The molecule has 1 saturated heterocycles. The molecule has 1 amide bonds. The number of carbonyl (C=O) groups is 1. The molecule has 3 rings (SSSR count). The highest BCUT2D eigenvalue weighted by Gasteiger charge is 2.23. The number of hydrogen-bond acceptors (Lipinski definition) is 2. The van der Waals surface area contributed by atoms with Gasteiger partial charge < -0.3 is 9.88 Å². The Hall–Kier alpha value is -2.30. The summed E-state index contributed by atoms with van der Waals surface area (Å²) >= 11 is 0. The number of H-pyrrole nitrogens is 1. The zero-order chi connectivity index (χ0) is 14.8. The third kappa shape index (κ3) is 2.51. The number of imidazole rings is 1. The lowest BCUT2D eigenvalue weighted by Gasteiger charge is -2.30. The average molecular weight is 285 g/mol. The first kappa shape index (κ1) is 13.7. The van der Waals surface area contributed by atoms with Crippen molar-refractivity contribution in [3.05, 3.63) is 46.5 Å². The summed E-state index contributed by atoms with van der Waals surface area (Å²) in [6.45, 7) is 3.41. The lowest BCUT2D eigenvalue weighted by atomic mass is 10.0. The Bertz CT molecular complexity index is 679. The lowest BCUT2D eigenvalue weighted by Crippen LogP contribution is -2.36. The van der Waals surface area contributed by atoms with Gasteiger partial charge >= 0.3 is 5.69 Å². The standard InChI is InChI=1S/C16H19N3O2/c1-12-15(13-5-3-2-4-6-13)17-16(21)19(12)14-7-9-18(11-20)10-8-14/h2-6,11,14H,7-10H2,1H3,(H,17,21). The van der Waals surface area contributed by atoms with Gasteiger partial charge in [0, 0.05) is 24.8 Å². The first-order chi connectivity index (χ1) is 10.2. The fraction of sp³-hybridized carbons (Fsp3) is 0.375. The smallest absolute Gasteiger partial charge is 0.326 e. The van der Waals surface area contributed by atoms with Gasteiger partial charge in [-0.25, -0.2) is 4.79 Å². The first-order valence-electron chi connectivity index (χ1n) is 7.26. The molecule has 0 radical (unpaired) electrons. The molecular weight excluding hydrogens is 266 g/mol. The van der Waals surface area contributed by atoms with Gasteiger partial charge in [0.1, 0.15) is 0 Å². The predicted molar refractivity (Wildman–Crippen MR) is 81.1 cm³/mol. The van der Waals surface area contributed by atoms with Gasteiger partial charge in [-0.15, -0.1) is 0 Å². The zero-order valence-electron chi connectivity index (χ0n) is 12.1. The van der Waals surface area contributed by atoms with E-state index in [1.54, 1.807) is 4.90 Å². The van der Waals surface area contributed by atoms with Gasteiger partial charge in [-0.2, -0.15) is 0 Å². The lowest BCUT2D eigenvalue weighted by molar-refractivity contribution is -0.119. The summed E-state index contributed by atoms with van der Waals surface area (Å²) < 4.78 is 1.85. The Morgan fingerprint density at radius 2 is 1.86 bits per heavy atom. The van der Waals surface area contributed by atoms with Crippen LogP contribution in [-0.2, 0) is 4.79 Å². The van der Waals surface area contributed by atoms with Crippen LogP contribution >= 0.6 is 0 Å². The first-order valence-corrected chi connectivity index (χ1v) is 7.26. The number of aromatic nitrogens is 2. The Morgan fingerprint density at radius 3 is 2.48 bits per heavy atom. The van der Waals surface area contributed by atoms with Crippen LogP contribution in [0, 0.1) is 6.92 Å². The maximum Gasteiger partial charge on any atom is 0.326 e. The molecule has 0 spiro atoms. The molecule has 21 heavy (non-hydrogen) atoms. The van der Waals surface area contributed by atoms with E-state index in [-0.39, 0.29) is 11.7 Å². The van der Waals surface area contributed by atoms with Crippen LogP contribution < -0.4 is 5.69 Å². The minimum absolute atomic E-state index is 0.0593. The Balaban J connectivity index is 1.93. The zero-order valence-corrected chi connectivity index (χ0v) is 12.1. The van der Waals surface area contributed by atoms with E-state index in [1.165, 1.54) is 0 Å². The van der Waals surface area contributed by atoms with E-state index in [9.17, 15) is 9.59 Å². The molecule has 110 valence electrons. The van der Waals surface area contributed by atoms with Crippen molar-refractivity contribution < 1.29 is 4.79 Å². The molecule has 1 N–H and O–H groups in total. The summed E-state index contributed by atoms with van der Waals surface area (Å²) in [6.07, 6.45) is 2.54. The number of nitrogens with zero attached hydrogens (tertiary/aromatic N) is 2. The molecule has 1 aromatic carbocycles. The van der Waals surface area contributed by atoms with Crippen LogP contribution in [0.25, 0.3) is 11.3 Å². The van der Waals surface area contributed by atoms with Crippen molar-refractivity contribution in [3.63, 3.8) is 0 Å². The quantitative estimate of drug-likeness (QED) is 0.876. The molecule has 1 aliphatic heterocycles. The number of nitrogens with one attached hydrogen (secondary N) is 1. The fourth-order valence-electron chi connectivity index (χ4n) is 3.11. The molecule has 2 heterocycles. The van der Waals surface area contributed by atoms with Crippen molar-refractivity contribution >= 4 is 6.41 Å². The molecule has 0 atom stereocenters. The van der Waals surface area contributed by atoms with Gasteiger partial charge in [0.15, 0.2) is 0 Å². The monoisotopic (exact) mass is 285 g/mol. The highest BCUT2D eigenvalue weighted by molar-refractivity contribution is 5.61. The normalized spacial score (nSPS) is 16.1. The molecule has 0 aliphatic carbocycles. The van der Waals surface area contributed by atoms with E-state index in [1.807, 2.05) is 41.8 Å². The summed E-state index contributed by atoms with van der Waals surface area (Å²) in [4.78, 5) is 27.8. The number of amides is 1. The van der Waals surface area contributed by atoms with Crippen LogP contribution in [0.15, 0.2) is 35.1 Å². The largest absolute Gasteiger partial charge is 0.345 e. The van der Waals surface area contributed by atoms with Gasteiger partial charge in [-0.1, -0.05) is 30.3 Å². The summed E-state index contributed by atoms with van der Waals surface area (Å²) in [7, 11) is 0. The van der Waals surface area contributed by atoms with Crippen molar-refractivity contribution in [2.45, 2.75) is 25.8 Å². The summed E-state index contributed by atoms with van der Waals surface area (Å²) in [5.41, 5.74) is 2.82. The van der Waals surface area contributed by atoms with Crippen molar-refractivity contribution in [1.29, 1.82) is 0 Å². The maximum absolute atomic E-state index is 12.3. The fourth-order valence-corrected chi connectivity index (χ4v) is 3.11. The Labute approximate surface area is 123 Å². The van der Waals surface area contributed by atoms with Crippen LogP contribution in [0.4, 0.5) is 0 Å². The highest BCUT2D eigenvalue weighted by atomic mass is 16.1. The second-order valence-electron chi connectivity index (χ2n) is 5.50. The maximum atomic E-state index is 12.3. The van der Waals surface area contributed by atoms with Crippen LogP contribution in [0.1, 0.15) is 24.6 Å². The average Bonchev–Trinajstić information content (AvgIpc) is 2.83. The Morgan fingerprint density at radius 1 is 1.19 bits per heavy atom. The molecule has 1 fully saturated rings. The van der Waals surface area contributed by atoms with Crippen LogP contribution in [0.3, 0.4) is 0 Å². The van der Waals surface area contributed by atoms with Crippen molar-refractivity contribution in [2.24, 2.45) is 0 Å². The third-order valence-corrected chi connectivity index (χ3v) is 4.25. The predicted octanol–water partition coefficient (Wildman–Crippen LogP) is 1.95. The van der Waals surface area contributed by atoms with Crippen molar-refractivity contribution in [3.8, 4) is 11.3 Å². The second-order valence-corrected chi connectivity index (χ2v) is 5.50. The Kier molecular flexibility index (Phi) is 3.64. The molecule has 1 aromatic heterocycles. The van der Waals surface area contributed by atoms with Crippen LogP contribution in [0.2, 0.25) is 0 Å². The summed E-state index contributed by atoms with van der Waals surface area (Å²) in [5, 5.41) is 0. The molecule has 1 aliphatic rings. The minimum Gasteiger partial charge on any atom is -0.345 e. The number of piperidine rings is 1. The topological polar surface area (TPSA) is 58.1 Å². The number of likely N-dealkylation sites (tertiary alicyclic amines) is 1. The van der Waals surface area contributed by atoms with E-state index in [2.05, 4.69) is 4.98 Å². The molecule has 5 heteroatoms. The van der Waals surface area contributed by atoms with E-state index >= 15 is 0 Å². The van der Waals surface area contributed by atoms with Crippen LogP contribution in [-0.4, -0.2) is 34.0 Å². The molecule has 5 nitrogen and oxygen atoms in total. The van der Waals surface area contributed by atoms with Gasteiger partial charge in [-0.3, -0.25) is 9.36 Å². The van der Waals surface area contributed by atoms with Gasteiger partial charge in [0.2, 0.25) is 6.41 Å². The number of benzene rings is 1. The van der Waals surface area contributed by atoms with E-state index in [4.69, 9.17) is 0 Å². The second kappa shape index (κ2) is 5.60. The molecule has 2 aromatic rings. The minimum atomic E-state index is -0.0593. The van der Waals surface area contributed by atoms with E-state index in [0.29, 0.717) is 13.1 Å². The number of rotatable bonds is 3. The molecular formula is C16H19N3O2. The van der Waals surface area contributed by atoms with Crippen molar-refractivity contribution in [1.82, 2.24) is 14.5 Å². The van der Waals surface area contributed by atoms with Gasteiger partial charge in [0.05, 0.1) is 5.69 Å². The summed E-state index contributed by atoms with van der Waals surface area (Å²) in [6, 6.07) is 10.1. The van der Waals surface area contributed by atoms with E-state index < -0.39 is 0 Å². The highest BCUT2D eigenvalue weighted by Crippen LogP contribution is 2.26. The van der Waals surface area contributed by atoms with Crippen molar-refractivity contribution in [2.75, 3.05) is 13.1 Å². The number of hydrogen-bond donors (Lipinski definition) is 1. The third-order valence-electron chi connectivity index (χ3n) is 4.25. The number of aromatic amines is 1. The van der Waals surface area contributed by atoms with Gasteiger partial charge in [0.25, 0.3) is 0 Å². The number of carbonyl (C=O) groups excluding carboxylic acids is 1. The SMILES string of the molecule is Cc1c(-c2ccccc2)[nH]c(=O)n1C1CCN(C=O)CC1. The molecule has 0 saturated carbocycles. The van der Waals surface area contributed by atoms with Gasteiger partial charge in [-0.05, 0) is 25.3 Å².